The van der Waals surface area contributed by atoms with Gasteiger partial charge in [0.1, 0.15) is 0 Å². The van der Waals surface area contributed by atoms with E-state index in [4.69, 9.17) is 0 Å². The molecular formula is C13H20N2O2S. The van der Waals surface area contributed by atoms with E-state index in [1.54, 1.807) is 6.07 Å². The molecule has 0 aliphatic carbocycles. The van der Waals surface area contributed by atoms with Gasteiger partial charge < -0.3 is 10.6 Å². The zero-order valence-corrected chi connectivity index (χ0v) is 11.7. The van der Waals surface area contributed by atoms with Crippen LogP contribution in [0.15, 0.2) is 17.5 Å². The summed E-state index contributed by atoms with van der Waals surface area (Å²) in [6.07, 6.45) is 2.36. The van der Waals surface area contributed by atoms with Crippen LogP contribution in [0.25, 0.3) is 0 Å². The predicted octanol–water partition coefficient (Wildman–Crippen LogP) is 2.17. The summed E-state index contributed by atoms with van der Waals surface area (Å²) in [7, 11) is 0. The standard InChI is InChI=1S/C13H20N2O2S/c1-3-5-10(2)15-12(16)7-8-14-13(17)11-6-4-9-18-11/h4,6,9-10H,3,5,7-8H2,1-2H3,(H,14,17)(H,15,16). The van der Waals surface area contributed by atoms with Gasteiger partial charge in [-0.05, 0) is 24.8 Å². The number of carbonyl (C=O) groups excluding carboxylic acids is 2. The van der Waals surface area contributed by atoms with Crippen molar-refractivity contribution < 1.29 is 9.59 Å². The summed E-state index contributed by atoms with van der Waals surface area (Å²) in [5, 5.41) is 7.49. The smallest absolute Gasteiger partial charge is 0.261 e. The van der Waals surface area contributed by atoms with E-state index in [2.05, 4.69) is 17.6 Å². The number of amides is 2. The van der Waals surface area contributed by atoms with Crippen LogP contribution in [0.5, 0.6) is 0 Å². The third kappa shape index (κ3) is 5.31. The molecule has 0 fully saturated rings. The maximum atomic E-state index is 11.6. The number of carbonyl (C=O) groups is 2. The van der Waals surface area contributed by atoms with Gasteiger partial charge in [-0.1, -0.05) is 19.4 Å². The zero-order chi connectivity index (χ0) is 13.4. The molecule has 1 rings (SSSR count). The average Bonchev–Trinajstić information content (AvgIpc) is 2.82. The van der Waals surface area contributed by atoms with E-state index in [9.17, 15) is 9.59 Å². The fraction of sp³-hybridized carbons (Fsp3) is 0.538. The van der Waals surface area contributed by atoms with E-state index in [0.29, 0.717) is 17.8 Å². The molecule has 1 heterocycles. The van der Waals surface area contributed by atoms with Gasteiger partial charge in [0, 0.05) is 19.0 Å². The summed E-state index contributed by atoms with van der Waals surface area (Å²) in [5.41, 5.74) is 0. The van der Waals surface area contributed by atoms with Crippen molar-refractivity contribution in [3.05, 3.63) is 22.4 Å². The maximum absolute atomic E-state index is 11.6. The third-order valence-electron chi connectivity index (χ3n) is 2.51. The first-order valence-electron chi connectivity index (χ1n) is 6.24. The van der Waals surface area contributed by atoms with Gasteiger partial charge in [-0.15, -0.1) is 11.3 Å². The molecular weight excluding hydrogens is 248 g/mol. The van der Waals surface area contributed by atoms with Crippen LogP contribution in [0.1, 0.15) is 42.8 Å². The van der Waals surface area contributed by atoms with Crippen LogP contribution in [0, 0.1) is 0 Å². The van der Waals surface area contributed by atoms with Gasteiger partial charge >= 0.3 is 0 Å². The molecule has 1 unspecified atom stereocenters. The molecule has 0 aromatic carbocycles. The summed E-state index contributed by atoms with van der Waals surface area (Å²) in [4.78, 5) is 23.8. The Morgan fingerprint density at radius 1 is 1.44 bits per heavy atom. The van der Waals surface area contributed by atoms with E-state index in [-0.39, 0.29) is 17.9 Å². The van der Waals surface area contributed by atoms with Gasteiger partial charge in [-0.3, -0.25) is 9.59 Å². The van der Waals surface area contributed by atoms with Gasteiger partial charge in [0.2, 0.25) is 5.91 Å². The van der Waals surface area contributed by atoms with Crippen LogP contribution in [0.2, 0.25) is 0 Å². The number of thiophene rings is 1. The Bertz CT molecular complexity index is 376. The van der Waals surface area contributed by atoms with Gasteiger partial charge in [0.25, 0.3) is 5.91 Å². The number of nitrogens with one attached hydrogen (secondary N) is 2. The molecule has 4 nitrogen and oxygen atoms in total. The lowest BCUT2D eigenvalue weighted by Gasteiger charge is -2.12. The van der Waals surface area contributed by atoms with E-state index in [1.165, 1.54) is 11.3 Å². The molecule has 1 atom stereocenters. The van der Waals surface area contributed by atoms with Gasteiger partial charge in [-0.25, -0.2) is 0 Å². The molecule has 0 aliphatic heterocycles. The van der Waals surface area contributed by atoms with Crippen molar-refractivity contribution in [1.82, 2.24) is 10.6 Å². The summed E-state index contributed by atoms with van der Waals surface area (Å²) in [6, 6.07) is 3.80. The second-order valence-corrected chi connectivity index (χ2v) is 5.19. The highest BCUT2D eigenvalue weighted by Crippen LogP contribution is 2.07. The normalized spacial score (nSPS) is 11.9. The second kappa shape index (κ2) is 7.87. The Hall–Kier alpha value is -1.36. The molecule has 2 N–H and O–H groups in total. The minimum Gasteiger partial charge on any atom is -0.354 e. The number of hydrogen-bond acceptors (Lipinski definition) is 3. The van der Waals surface area contributed by atoms with Gasteiger partial charge in [0.05, 0.1) is 4.88 Å². The SMILES string of the molecule is CCCC(C)NC(=O)CCNC(=O)c1cccs1. The first kappa shape index (κ1) is 14.7. The highest BCUT2D eigenvalue weighted by atomic mass is 32.1. The molecule has 18 heavy (non-hydrogen) atoms. The van der Waals surface area contributed by atoms with E-state index in [1.807, 2.05) is 18.4 Å². The first-order chi connectivity index (χ1) is 8.63. The Morgan fingerprint density at radius 2 is 2.22 bits per heavy atom. The quantitative estimate of drug-likeness (QED) is 0.796. The molecule has 0 saturated carbocycles. The van der Waals surface area contributed by atoms with E-state index < -0.39 is 0 Å². The van der Waals surface area contributed by atoms with Crippen molar-refractivity contribution in [3.8, 4) is 0 Å². The molecule has 0 aliphatic rings. The zero-order valence-electron chi connectivity index (χ0n) is 10.9. The summed E-state index contributed by atoms with van der Waals surface area (Å²) in [6.45, 7) is 4.46. The monoisotopic (exact) mass is 268 g/mol. The molecule has 0 radical (unpaired) electrons. The molecule has 0 saturated heterocycles. The maximum Gasteiger partial charge on any atom is 0.261 e. The Balaban J connectivity index is 2.17. The van der Waals surface area contributed by atoms with Crippen molar-refractivity contribution in [3.63, 3.8) is 0 Å². The van der Waals surface area contributed by atoms with Crippen molar-refractivity contribution >= 4 is 23.2 Å². The van der Waals surface area contributed by atoms with Crippen LogP contribution in [0.4, 0.5) is 0 Å². The number of rotatable bonds is 7. The van der Waals surface area contributed by atoms with Crippen molar-refractivity contribution in [1.29, 1.82) is 0 Å². The minimum atomic E-state index is -0.112. The molecule has 1 aromatic rings. The lowest BCUT2D eigenvalue weighted by Crippen LogP contribution is -2.35. The van der Waals surface area contributed by atoms with Crippen molar-refractivity contribution in [2.24, 2.45) is 0 Å². The Labute approximate surface area is 112 Å². The molecule has 0 bridgehead atoms. The van der Waals surface area contributed by atoms with Crippen LogP contribution in [-0.4, -0.2) is 24.4 Å². The molecule has 5 heteroatoms. The highest BCUT2D eigenvalue weighted by molar-refractivity contribution is 7.12. The minimum absolute atomic E-state index is 0.0116. The van der Waals surface area contributed by atoms with Crippen LogP contribution in [0.3, 0.4) is 0 Å². The van der Waals surface area contributed by atoms with Crippen LogP contribution in [-0.2, 0) is 4.79 Å². The third-order valence-corrected chi connectivity index (χ3v) is 3.38. The molecule has 0 spiro atoms. The van der Waals surface area contributed by atoms with Gasteiger partial charge in [0.15, 0.2) is 0 Å². The largest absolute Gasteiger partial charge is 0.354 e. The summed E-state index contributed by atoms with van der Waals surface area (Å²) >= 11 is 1.39. The first-order valence-corrected chi connectivity index (χ1v) is 7.12. The summed E-state index contributed by atoms with van der Waals surface area (Å²) in [5.74, 6) is -0.123. The van der Waals surface area contributed by atoms with E-state index >= 15 is 0 Å². The van der Waals surface area contributed by atoms with Crippen LogP contribution >= 0.6 is 11.3 Å². The second-order valence-electron chi connectivity index (χ2n) is 4.24. The fourth-order valence-electron chi connectivity index (χ4n) is 1.64. The van der Waals surface area contributed by atoms with Crippen molar-refractivity contribution in [2.45, 2.75) is 39.2 Å². The lowest BCUT2D eigenvalue weighted by atomic mass is 10.2. The summed E-state index contributed by atoms with van der Waals surface area (Å²) < 4.78 is 0. The molecule has 1 aromatic heterocycles. The average molecular weight is 268 g/mol. The topological polar surface area (TPSA) is 58.2 Å². The number of hydrogen-bond donors (Lipinski definition) is 2. The lowest BCUT2D eigenvalue weighted by molar-refractivity contribution is -0.121. The molecule has 100 valence electrons. The Kier molecular flexibility index (Phi) is 6.43. The molecule has 2 amide bonds. The Morgan fingerprint density at radius 3 is 2.83 bits per heavy atom. The predicted molar refractivity (Wildman–Crippen MR) is 73.8 cm³/mol. The van der Waals surface area contributed by atoms with E-state index in [0.717, 1.165) is 12.8 Å². The van der Waals surface area contributed by atoms with Gasteiger partial charge in [-0.2, -0.15) is 0 Å². The highest BCUT2D eigenvalue weighted by Gasteiger charge is 2.08. The fourth-order valence-corrected chi connectivity index (χ4v) is 2.28. The van der Waals surface area contributed by atoms with Crippen molar-refractivity contribution in [2.75, 3.05) is 6.54 Å². The van der Waals surface area contributed by atoms with Crippen LogP contribution < -0.4 is 10.6 Å².